The van der Waals surface area contributed by atoms with Crippen molar-refractivity contribution in [1.82, 2.24) is 9.80 Å². The summed E-state index contributed by atoms with van der Waals surface area (Å²) < 4.78 is 0. The molecule has 1 aliphatic heterocycles. The van der Waals surface area contributed by atoms with E-state index in [0.29, 0.717) is 19.6 Å². The van der Waals surface area contributed by atoms with E-state index in [0.717, 1.165) is 36.2 Å². The van der Waals surface area contributed by atoms with Crippen molar-refractivity contribution < 1.29 is 9.59 Å². The highest BCUT2D eigenvalue weighted by atomic mass is 16.2. The van der Waals surface area contributed by atoms with Crippen molar-refractivity contribution in [3.63, 3.8) is 0 Å². The first-order valence-electron chi connectivity index (χ1n) is 9.28. The third kappa shape index (κ3) is 4.20. The minimum atomic E-state index is 0.0873. The average molecular weight is 350 g/mol. The summed E-state index contributed by atoms with van der Waals surface area (Å²) in [7, 11) is 0. The van der Waals surface area contributed by atoms with Crippen molar-refractivity contribution in [2.75, 3.05) is 32.7 Å². The third-order valence-corrected chi connectivity index (χ3v) is 5.09. The highest BCUT2D eigenvalue weighted by molar-refractivity contribution is 5.98. The maximum atomic E-state index is 12.7. The Balaban J connectivity index is 1.54. The van der Waals surface area contributed by atoms with Crippen LogP contribution in [0.5, 0.6) is 0 Å². The van der Waals surface area contributed by atoms with Gasteiger partial charge in [-0.15, -0.1) is 0 Å². The summed E-state index contributed by atoms with van der Waals surface area (Å²) in [5.74, 6) is 0.232. The molecule has 136 valence electrons. The smallest absolute Gasteiger partial charge is 0.254 e. The summed E-state index contributed by atoms with van der Waals surface area (Å²) in [5, 5.41) is 0. The molecule has 0 spiro atoms. The number of benzene rings is 2. The first-order chi connectivity index (χ1) is 12.6. The van der Waals surface area contributed by atoms with Crippen LogP contribution in [0.2, 0.25) is 0 Å². The molecule has 3 rings (SSSR count). The van der Waals surface area contributed by atoms with Crippen molar-refractivity contribution in [3.05, 3.63) is 70.8 Å². The molecule has 1 saturated heterocycles. The minimum Gasteiger partial charge on any atom is -0.336 e. The number of hydrogen-bond donors (Lipinski definition) is 0. The maximum Gasteiger partial charge on any atom is 0.254 e. The SMILES string of the molecule is CCc1ccc(C(=O)CN2CCN(C(=O)c3ccccc3C)CC2)cc1. The molecule has 2 aromatic carbocycles. The number of aryl methyl sites for hydroxylation is 2. The predicted octanol–water partition coefficient (Wildman–Crippen LogP) is 3.20. The average Bonchev–Trinajstić information content (AvgIpc) is 2.68. The zero-order valence-corrected chi connectivity index (χ0v) is 15.6. The molecule has 1 fully saturated rings. The Morgan fingerprint density at radius 3 is 2.19 bits per heavy atom. The molecule has 1 aliphatic rings. The van der Waals surface area contributed by atoms with Crippen LogP contribution in [0.4, 0.5) is 0 Å². The number of amides is 1. The topological polar surface area (TPSA) is 40.6 Å². The van der Waals surface area contributed by atoms with Crippen LogP contribution < -0.4 is 0 Å². The van der Waals surface area contributed by atoms with Gasteiger partial charge in [-0.25, -0.2) is 0 Å². The lowest BCUT2D eigenvalue weighted by molar-refractivity contribution is 0.0624. The van der Waals surface area contributed by atoms with Crippen molar-refractivity contribution in [2.24, 2.45) is 0 Å². The molecule has 26 heavy (non-hydrogen) atoms. The lowest BCUT2D eigenvalue weighted by Gasteiger charge is -2.34. The summed E-state index contributed by atoms with van der Waals surface area (Å²) in [6, 6.07) is 15.6. The van der Waals surface area contributed by atoms with Gasteiger partial charge in [-0.2, -0.15) is 0 Å². The molecule has 0 aliphatic carbocycles. The maximum absolute atomic E-state index is 12.7. The van der Waals surface area contributed by atoms with Gasteiger partial charge in [0.05, 0.1) is 6.54 Å². The lowest BCUT2D eigenvalue weighted by atomic mass is 10.1. The van der Waals surface area contributed by atoms with Gasteiger partial charge in [0.25, 0.3) is 5.91 Å². The molecule has 0 radical (unpaired) electrons. The molecule has 0 N–H and O–H groups in total. The van der Waals surface area contributed by atoms with Crippen LogP contribution in [0.1, 0.15) is 38.8 Å². The van der Waals surface area contributed by atoms with Gasteiger partial charge in [-0.05, 0) is 30.5 Å². The third-order valence-electron chi connectivity index (χ3n) is 5.09. The molecule has 0 bridgehead atoms. The summed E-state index contributed by atoms with van der Waals surface area (Å²) in [5.41, 5.74) is 3.78. The monoisotopic (exact) mass is 350 g/mol. The van der Waals surface area contributed by atoms with Gasteiger partial charge in [-0.1, -0.05) is 49.4 Å². The zero-order chi connectivity index (χ0) is 18.5. The lowest BCUT2D eigenvalue weighted by Crippen LogP contribution is -2.50. The molecule has 1 heterocycles. The fourth-order valence-electron chi connectivity index (χ4n) is 3.31. The van der Waals surface area contributed by atoms with Gasteiger partial charge in [0.1, 0.15) is 0 Å². The molecule has 4 nitrogen and oxygen atoms in total. The highest BCUT2D eigenvalue weighted by Crippen LogP contribution is 2.13. The summed E-state index contributed by atoms with van der Waals surface area (Å²) in [6.07, 6.45) is 0.978. The van der Waals surface area contributed by atoms with E-state index >= 15 is 0 Å². The van der Waals surface area contributed by atoms with Crippen LogP contribution in [0, 0.1) is 6.92 Å². The largest absolute Gasteiger partial charge is 0.336 e. The molecule has 0 atom stereocenters. The van der Waals surface area contributed by atoms with E-state index in [1.54, 1.807) is 0 Å². The van der Waals surface area contributed by atoms with E-state index < -0.39 is 0 Å². The number of carbonyl (C=O) groups is 2. The molecule has 2 aromatic rings. The van der Waals surface area contributed by atoms with E-state index in [-0.39, 0.29) is 11.7 Å². The Bertz CT molecular complexity index is 775. The summed E-state index contributed by atoms with van der Waals surface area (Å²) >= 11 is 0. The minimum absolute atomic E-state index is 0.0873. The van der Waals surface area contributed by atoms with E-state index in [9.17, 15) is 9.59 Å². The van der Waals surface area contributed by atoms with Crippen LogP contribution in [0.15, 0.2) is 48.5 Å². The number of ketones is 1. The van der Waals surface area contributed by atoms with Gasteiger partial charge < -0.3 is 4.90 Å². The fraction of sp³-hybridized carbons (Fsp3) is 0.364. The Kier molecular flexibility index (Phi) is 5.84. The van der Waals surface area contributed by atoms with Crippen LogP contribution >= 0.6 is 0 Å². The van der Waals surface area contributed by atoms with Crippen LogP contribution in [-0.2, 0) is 6.42 Å². The number of Topliss-reactive ketones (excluding diaryl/α,β-unsaturated/α-hetero) is 1. The first kappa shape index (κ1) is 18.3. The first-order valence-corrected chi connectivity index (χ1v) is 9.28. The Hall–Kier alpha value is -2.46. The highest BCUT2D eigenvalue weighted by Gasteiger charge is 2.24. The van der Waals surface area contributed by atoms with E-state index in [2.05, 4.69) is 11.8 Å². The summed E-state index contributed by atoms with van der Waals surface area (Å²) in [4.78, 5) is 29.2. The van der Waals surface area contributed by atoms with Crippen molar-refractivity contribution in [2.45, 2.75) is 20.3 Å². The molecular formula is C22H26N2O2. The Labute approximate surface area is 155 Å². The van der Waals surface area contributed by atoms with Gasteiger partial charge in [0, 0.05) is 37.3 Å². The molecular weight excluding hydrogens is 324 g/mol. The van der Waals surface area contributed by atoms with Crippen LogP contribution in [0.3, 0.4) is 0 Å². The fourth-order valence-corrected chi connectivity index (χ4v) is 3.31. The van der Waals surface area contributed by atoms with E-state index in [4.69, 9.17) is 0 Å². The van der Waals surface area contributed by atoms with E-state index in [1.807, 2.05) is 60.4 Å². The zero-order valence-electron chi connectivity index (χ0n) is 15.6. The molecule has 0 unspecified atom stereocenters. The standard InChI is InChI=1S/C22H26N2O2/c1-3-18-8-10-19(11-9-18)21(25)16-23-12-14-24(15-13-23)22(26)20-7-5-4-6-17(20)2/h4-11H,3,12-16H2,1-2H3. The molecule has 0 saturated carbocycles. The van der Waals surface area contributed by atoms with Crippen molar-refractivity contribution >= 4 is 11.7 Å². The van der Waals surface area contributed by atoms with Gasteiger partial charge in [-0.3, -0.25) is 14.5 Å². The van der Waals surface area contributed by atoms with Crippen LogP contribution in [0.25, 0.3) is 0 Å². The van der Waals surface area contributed by atoms with Crippen molar-refractivity contribution in [1.29, 1.82) is 0 Å². The Morgan fingerprint density at radius 1 is 0.923 bits per heavy atom. The molecule has 0 aromatic heterocycles. The van der Waals surface area contributed by atoms with Crippen LogP contribution in [-0.4, -0.2) is 54.2 Å². The van der Waals surface area contributed by atoms with Crippen molar-refractivity contribution in [3.8, 4) is 0 Å². The predicted molar refractivity (Wildman–Crippen MR) is 104 cm³/mol. The second-order valence-electron chi connectivity index (χ2n) is 6.86. The second kappa shape index (κ2) is 8.28. The van der Waals surface area contributed by atoms with Gasteiger partial charge in [0.15, 0.2) is 5.78 Å². The molecule has 4 heteroatoms. The Morgan fingerprint density at radius 2 is 1.58 bits per heavy atom. The molecule has 1 amide bonds. The number of piperazine rings is 1. The van der Waals surface area contributed by atoms with Gasteiger partial charge >= 0.3 is 0 Å². The van der Waals surface area contributed by atoms with E-state index in [1.165, 1.54) is 5.56 Å². The van der Waals surface area contributed by atoms with Gasteiger partial charge in [0.2, 0.25) is 0 Å². The summed E-state index contributed by atoms with van der Waals surface area (Å²) in [6.45, 7) is 7.27. The second-order valence-corrected chi connectivity index (χ2v) is 6.86. The number of nitrogens with zero attached hydrogens (tertiary/aromatic N) is 2. The normalized spacial score (nSPS) is 15.1. The quantitative estimate of drug-likeness (QED) is 0.778. The number of hydrogen-bond acceptors (Lipinski definition) is 3. The number of rotatable bonds is 5. The number of carbonyl (C=O) groups excluding carboxylic acids is 2.